The van der Waals surface area contributed by atoms with Gasteiger partial charge in [0.05, 0.1) is 7.85 Å². The average Bonchev–Trinajstić information content (AvgIpc) is 1.91. The molecule has 0 bridgehead atoms. The van der Waals surface area contributed by atoms with E-state index in [1.807, 2.05) is 7.05 Å². The first-order valence-electron chi connectivity index (χ1n) is 3.72. The van der Waals surface area contributed by atoms with Crippen molar-refractivity contribution < 1.29 is 0 Å². The van der Waals surface area contributed by atoms with Gasteiger partial charge in [-0.2, -0.15) is 0 Å². The van der Waals surface area contributed by atoms with Crippen LogP contribution in [-0.4, -0.2) is 20.9 Å². The first kappa shape index (κ1) is 9.02. The lowest BCUT2D eigenvalue weighted by molar-refractivity contribution is 0.537. The third-order valence-electron chi connectivity index (χ3n) is 1.60. The van der Waals surface area contributed by atoms with Crippen molar-refractivity contribution in [3.8, 4) is 0 Å². The van der Waals surface area contributed by atoms with E-state index < -0.39 is 0 Å². The summed E-state index contributed by atoms with van der Waals surface area (Å²) >= 11 is 0. The van der Waals surface area contributed by atoms with Crippen molar-refractivity contribution in [2.24, 2.45) is 0 Å². The molecule has 1 nitrogen and oxygen atoms in total. The number of hydrogen-bond donors (Lipinski definition) is 1. The van der Waals surface area contributed by atoms with Crippen LogP contribution in [0.4, 0.5) is 0 Å². The minimum Gasteiger partial charge on any atom is -0.318 e. The van der Waals surface area contributed by atoms with E-state index in [1.54, 1.807) is 0 Å². The summed E-state index contributed by atoms with van der Waals surface area (Å²) in [6, 6.07) is 0.532. The molecule has 0 rings (SSSR count). The zero-order valence-electron chi connectivity index (χ0n) is 6.48. The molecule has 0 aliphatic carbocycles. The lowest BCUT2D eigenvalue weighted by Crippen LogP contribution is -2.24. The van der Waals surface area contributed by atoms with Crippen LogP contribution < -0.4 is 5.32 Å². The van der Waals surface area contributed by atoms with Gasteiger partial charge in [0.2, 0.25) is 0 Å². The molecule has 0 fully saturated rings. The van der Waals surface area contributed by atoms with Crippen LogP contribution in [0.2, 0.25) is 6.32 Å². The van der Waals surface area contributed by atoms with Crippen molar-refractivity contribution in [3.63, 3.8) is 0 Å². The van der Waals surface area contributed by atoms with Crippen molar-refractivity contribution in [3.05, 3.63) is 0 Å². The maximum Gasteiger partial charge on any atom is 0.0674 e. The maximum absolute atomic E-state index is 5.46. The molecule has 1 N–H and O–H groups in total. The van der Waals surface area contributed by atoms with E-state index >= 15 is 0 Å². The molecule has 0 aromatic carbocycles. The summed E-state index contributed by atoms with van der Waals surface area (Å²) in [4.78, 5) is 0. The minimum atomic E-state index is 0.532. The molecule has 0 aromatic heterocycles. The molecule has 0 aromatic rings. The van der Waals surface area contributed by atoms with Crippen LogP contribution in [0.1, 0.15) is 26.2 Å². The third-order valence-corrected chi connectivity index (χ3v) is 1.60. The molecule has 9 heavy (non-hydrogen) atoms. The zero-order chi connectivity index (χ0) is 7.11. The quantitative estimate of drug-likeness (QED) is 0.547. The maximum atomic E-state index is 5.46. The molecule has 52 valence electrons. The van der Waals surface area contributed by atoms with Crippen molar-refractivity contribution in [1.29, 1.82) is 0 Å². The molecule has 2 radical (unpaired) electrons. The van der Waals surface area contributed by atoms with Gasteiger partial charge >= 0.3 is 0 Å². The van der Waals surface area contributed by atoms with E-state index in [1.165, 1.54) is 19.3 Å². The Morgan fingerprint density at radius 1 is 1.56 bits per heavy atom. The highest BCUT2D eigenvalue weighted by atomic mass is 14.9. The van der Waals surface area contributed by atoms with E-state index in [9.17, 15) is 0 Å². The summed E-state index contributed by atoms with van der Waals surface area (Å²) in [5.41, 5.74) is 0. The van der Waals surface area contributed by atoms with Gasteiger partial charge < -0.3 is 5.32 Å². The molecular weight excluding hydrogens is 109 g/mol. The fourth-order valence-corrected chi connectivity index (χ4v) is 0.831. The predicted molar refractivity (Wildman–Crippen MR) is 42.9 cm³/mol. The molecule has 0 aliphatic rings. The Kier molecular flexibility index (Phi) is 6.17. The molecule has 0 saturated carbocycles. The van der Waals surface area contributed by atoms with Crippen LogP contribution in [0.15, 0.2) is 0 Å². The monoisotopic (exact) mass is 125 g/mol. The normalized spacial score (nSPS) is 13.6. The number of unbranched alkanes of at least 4 members (excludes halogenated alkanes) is 1. The van der Waals surface area contributed by atoms with Crippen molar-refractivity contribution >= 4 is 7.85 Å². The third kappa shape index (κ3) is 4.52. The summed E-state index contributed by atoms with van der Waals surface area (Å²) in [5, 5.41) is 3.16. The average molecular weight is 125 g/mol. The van der Waals surface area contributed by atoms with Gasteiger partial charge in [-0.3, -0.25) is 0 Å². The lowest BCUT2D eigenvalue weighted by Gasteiger charge is -2.11. The van der Waals surface area contributed by atoms with Crippen LogP contribution in [0, 0.1) is 0 Å². The first-order chi connectivity index (χ1) is 4.35. The second-order valence-corrected chi connectivity index (χ2v) is 2.36. The molecular formula is C7H16BN. The van der Waals surface area contributed by atoms with Crippen molar-refractivity contribution in [2.45, 2.75) is 38.5 Å². The molecule has 0 spiro atoms. The summed E-state index contributed by atoms with van der Waals surface area (Å²) in [6.07, 6.45) is 4.51. The highest BCUT2D eigenvalue weighted by Gasteiger charge is 1.98. The van der Waals surface area contributed by atoms with Gasteiger partial charge in [0, 0.05) is 0 Å². The van der Waals surface area contributed by atoms with Gasteiger partial charge in [0.1, 0.15) is 0 Å². The smallest absolute Gasteiger partial charge is 0.0674 e. The van der Waals surface area contributed by atoms with E-state index in [-0.39, 0.29) is 0 Å². The van der Waals surface area contributed by atoms with E-state index in [0.717, 1.165) is 6.32 Å². The summed E-state index contributed by atoms with van der Waals surface area (Å²) in [7, 11) is 7.43. The van der Waals surface area contributed by atoms with Crippen molar-refractivity contribution in [1.82, 2.24) is 5.32 Å². The van der Waals surface area contributed by atoms with Crippen LogP contribution in [-0.2, 0) is 0 Å². The highest BCUT2D eigenvalue weighted by Crippen LogP contribution is 2.01. The second-order valence-electron chi connectivity index (χ2n) is 2.36. The Bertz CT molecular complexity index is 52.9. The Hall–Kier alpha value is 0.0249. The van der Waals surface area contributed by atoms with Crippen LogP contribution >= 0.6 is 0 Å². The van der Waals surface area contributed by atoms with Gasteiger partial charge in [-0.15, -0.1) is 0 Å². The standard InChI is InChI=1S/C7H16BN/c1-3-4-5-7(6-8)9-2/h7,9H,3-6H2,1-2H3. The fourth-order valence-electron chi connectivity index (χ4n) is 0.831. The molecule has 1 atom stereocenters. The topological polar surface area (TPSA) is 12.0 Å². The summed E-state index contributed by atoms with van der Waals surface area (Å²) in [6.45, 7) is 2.20. The second kappa shape index (κ2) is 6.15. The first-order valence-corrected chi connectivity index (χ1v) is 3.72. The van der Waals surface area contributed by atoms with Gasteiger partial charge in [-0.25, -0.2) is 0 Å². The van der Waals surface area contributed by atoms with Crippen molar-refractivity contribution in [2.75, 3.05) is 7.05 Å². The Balaban J connectivity index is 3.09. The summed E-state index contributed by atoms with van der Waals surface area (Å²) in [5.74, 6) is 0. The number of hydrogen-bond acceptors (Lipinski definition) is 1. The van der Waals surface area contributed by atoms with Crippen LogP contribution in [0.3, 0.4) is 0 Å². The molecule has 0 aliphatic heterocycles. The Labute approximate surface area is 59.6 Å². The Morgan fingerprint density at radius 3 is 2.56 bits per heavy atom. The number of rotatable bonds is 5. The Morgan fingerprint density at radius 2 is 2.22 bits per heavy atom. The molecule has 0 saturated heterocycles. The lowest BCUT2D eigenvalue weighted by atomic mass is 9.94. The summed E-state index contributed by atoms with van der Waals surface area (Å²) < 4.78 is 0. The van der Waals surface area contributed by atoms with Crippen LogP contribution in [0.5, 0.6) is 0 Å². The van der Waals surface area contributed by atoms with E-state index in [2.05, 4.69) is 12.2 Å². The van der Waals surface area contributed by atoms with Gasteiger partial charge in [-0.05, 0) is 19.5 Å². The highest BCUT2D eigenvalue weighted by molar-refractivity contribution is 6.08. The SMILES string of the molecule is [B]CC(CCCC)NC. The zero-order valence-corrected chi connectivity index (χ0v) is 6.48. The van der Waals surface area contributed by atoms with Crippen LogP contribution in [0.25, 0.3) is 0 Å². The predicted octanol–water partition coefficient (Wildman–Crippen LogP) is 1.35. The molecule has 1 unspecified atom stereocenters. The largest absolute Gasteiger partial charge is 0.318 e. The van der Waals surface area contributed by atoms with E-state index in [4.69, 9.17) is 7.85 Å². The molecule has 0 heterocycles. The van der Waals surface area contributed by atoms with Gasteiger partial charge in [0.25, 0.3) is 0 Å². The molecule has 0 amide bonds. The fraction of sp³-hybridized carbons (Fsp3) is 1.00. The molecule has 2 heteroatoms. The van der Waals surface area contributed by atoms with E-state index in [0.29, 0.717) is 6.04 Å². The minimum absolute atomic E-state index is 0.532. The van der Waals surface area contributed by atoms with Gasteiger partial charge in [-0.1, -0.05) is 26.1 Å². The van der Waals surface area contributed by atoms with Gasteiger partial charge in [0.15, 0.2) is 0 Å². The number of nitrogens with one attached hydrogen (secondary N) is 1.